The van der Waals surface area contributed by atoms with E-state index in [-0.39, 0.29) is 12.5 Å². The van der Waals surface area contributed by atoms with E-state index in [4.69, 9.17) is 14.2 Å². The fraction of sp³-hybridized carbons (Fsp3) is 0.188. The summed E-state index contributed by atoms with van der Waals surface area (Å²) in [6, 6.07) is 14.4. The second-order valence-electron chi connectivity index (χ2n) is 4.19. The zero-order valence-electron chi connectivity index (χ0n) is 12.0. The summed E-state index contributed by atoms with van der Waals surface area (Å²) in [6.45, 7) is -0.113. The highest BCUT2D eigenvalue weighted by atomic mass is 16.5. The summed E-state index contributed by atoms with van der Waals surface area (Å²) in [5, 5.41) is 2.74. The molecule has 2 aromatic carbocycles. The Kier molecular flexibility index (Phi) is 5.04. The number of para-hydroxylation sites is 4. The van der Waals surface area contributed by atoms with Gasteiger partial charge in [-0.2, -0.15) is 0 Å². The number of benzene rings is 2. The number of hydrogen-bond acceptors (Lipinski definition) is 4. The van der Waals surface area contributed by atoms with Crippen LogP contribution in [-0.4, -0.2) is 26.7 Å². The lowest BCUT2D eigenvalue weighted by molar-refractivity contribution is -0.118. The van der Waals surface area contributed by atoms with Crippen LogP contribution in [0, 0.1) is 0 Å². The van der Waals surface area contributed by atoms with Crippen LogP contribution in [0.3, 0.4) is 0 Å². The normalized spacial score (nSPS) is 9.81. The molecule has 2 aromatic rings. The van der Waals surface area contributed by atoms with Crippen LogP contribution in [0.4, 0.5) is 5.69 Å². The second-order valence-corrected chi connectivity index (χ2v) is 4.19. The average Bonchev–Trinajstić information content (AvgIpc) is 2.53. The van der Waals surface area contributed by atoms with Crippen LogP contribution < -0.4 is 19.5 Å². The van der Waals surface area contributed by atoms with E-state index in [0.29, 0.717) is 22.9 Å². The third-order valence-corrected chi connectivity index (χ3v) is 2.81. The molecule has 0 fully saturated rings. The molecule has 0 radical (unpaired) electrons. The number of carbonyl (C=O) groups is 1. The second kappa shape index (κ2) is 7.19. The monoisotopic (exact) mass is 287 g/mol. The first kappa shape index (κ1) is 14.7. The van der Waals surface area contributed by atoms with Crippen LogP contribution in [0.15, 0.2) is 48.5 Å². The molecule has 5 heteroatoms. The maximum absolute atomic E-state index is 11.9. The highest BCUT2D eigenvalue weighted by molar-refractivity contribution is 5.93. The quantitative estimate of drug-likeness (QED) is 0.887. The van der Waals surface area contributed by atoms with Crippen molar-refractivity contribution in [3.63, 3.8) is 0 Å². The molecule has 1 amide bonds. The number of hydrogen-bond donors (Lipinski definition) is 1. The van der Waals surface area contributed by atoms with Gasteiger partial charge in [-0.3, -0.25) is 4.79 Å². The summed E-state index contributed by atoms with van der Waals surface area (Å²) in [6.07, 6.45) is 0. The minimum absolute atomic E-state index is 0.113. The van der Waals surface area contributed by atoms with Crippen molar-refractivity contribution in [3.05, 3.63) is 48.5 Å². The maximum atomic E-state index is 11.9. The van der Waals surface area contributed by atoms with Gasteiger partial charge in [-0.15, -0.1) is 0 Å². The minimum atomic E-state index is -0.273. The highest BCUT2D eigenvalue weighted by Gasteiger charge is 2.09. The molecule has 0 aliphatic carbocycles. The molecule has 0 aliphatic heterocycles. The van der Waals surface area contributed by atoms with Gasteiger partial charge in [0.15, 0.2) is 18.1 Å². The van der Waals surface area contributed by atoms with Crippen molar-refractivity contribution in [1.29, 1.82) is 0 Å². The van der Waals surface area contributed by atoms with Gasteiger partial charge in [0, 0.05) is 0 Å². The molecule has 0 aromatic heterocycles. The lowest BCUT2D eigenvalue weighted by Crippen LogP contribution is -2.20. The number of amides is 1. The summed E-state index contributed by atoms with van der Waals surface area (Å²) in [5.41, 5.74) is 0.605. The van der Waals surface area contributed by atoms with Crippen LogP contribution >= 0.6 is 0 Å². The third-order valence-electron chi connectivity index (χ3n) is 2.81. The molecule has 0 spiro atoms. The first-order valence-corrected chi connectivity index (χ1v) is 6.43. The van der Waals surface area contributed by atoms with Crippen LogP contribution in [0.2, 0.25) is 0 Å². The molecule has 0 bridgehead atoms. The van der Waals surface area contributed by atoms with Gasteiger partial charge in [-0.1, -0.05) is 24.3 Å². The van der Waals surface area contributed by atoms with Crippen molar-refractivity contribution in [2.24, 2.45) is 0 Å². The number of rotatable bonds is 6. The van der Waals surface area contributed by atoms with Crippen molar-refractivity contribution in [2.75, 3.05) is 26.1 Å². The van der Waals surface area contributed by atoms with Crippen LogP contribution in [0.5, 0.6) is 17.2 Å². The largest absolute Gasteiger partial charge is 0.495 e. The van der Waals surface area contributed by atoms with Gasteiger partial charge in [0.25, 0.3) is 5.91 Å². The number of methoxy groups -OCH3 is 2. The van der Waals surface area contributed by atoms with E-state index in [2.05, 4.69) is 5.32 Å². The Morgan fingerprint density at radius 3 is 2.14 bits per heavy atom. The molecule has 110 valence electrons. The SMILES string of the molecule is COc1ccccc1NC(=O)COc1ccccc1OC. The number of nitrogens with one attached hydrogen (secondary N) is 1. The predicted octanol–water partition coefficient (Wildman–Crippen LogP) is 2.72. The van der Waals surface area contributed by atoms with Gasteiger partial charge in [0.1, 0.15) is 5.75 Å². The van der Waals surface area contributed by atoms with Crippen molar-refractivity contribution in [1.82, 2.24) is 0 Å². The zero-order chi connectivity index (χ0) is 15.1. The van der Waals surface area contributed by atoms with E-state index in [1.807, 2.05) is 24.3 Å². The van der Waals surface area contributed by atoms with E-state index < -0.39 is 0 Å². The third kappa shape index (κ3) is 3.89. The summed E-state index contributed by atoms with van der Waals surface area (Å²) < 4.78 is 15.8. The summed E-state index contributed by atoms with van der Waals surface area (Å²) in [5.74, 6) is 1.44. The van der Waals surface area contributed by atoms with E-state index in [0.717, 1.165) is 0 Å². The molecular formula is C16H17NO4. The molecule has 5 nitrogen and oxygen atoms in total. The van der Waals surface area contributed by atoms with Gasteiger partial charge < -0.3 is 19.5 Å². The molecule has 0 saturated heterocycles. The maximum Gasteiger partial charge on any atom is 0.262 e. The first-order chi connectivity index (χ1) is 10.2. The summed E-state index contributed by atoms with van der Waals surface area (Å²) >= 11 is 0. The molecule has 2 rings (SSSR count). The van der Waals surface area contributed by atoms with Crippen molar-refractivity contribution < 1.29 is 19.0 Å². The van der Waals surface area contributed by atoms with Gasteiger partial charge in [-0.05, 0) is 24.3 Å². The smallest absolute Gasteiger partial charge is 0.262 e. The van der Waals surface area contributed by atoms with Crippen molar-refractivity contribution in [3.8, 4) is 17.2 Å². The topological polar surface area (TPSA) is 56.8 Å². The molecule has 0 atom stereocenters. The molecule has 21 heavy (non-hydrogen) atoms. The van der Waals surface area contributed by atoms with Crippen LogP contribution in [0.25, 0.3) is 0 Å². The Balaban J connectivity index is 1.96. The fourth-order valence-corrected chi connectivity index (χ4v) is 1.82. The lowest BCUT2D eigenvalue weighted by Gasteiger charge is -2.12. The summed E-state index contributed by atoms with van der Waals surface area (Å²) in [7, 11) is 3.10. The first-order valence-electron chi connectivity index (χ1n) is 6.43. The van der Waals surface area contributed by atoms with E-state index in [1.165, 1.54) is 0 Å². The van der Waals surface area contributed by atoms with Crippen molar-refractivity contribution >= 4 is 11.6 Å². The zero-order valence-corrected chi connectivity index (χ0v) is 12.0. The van der Waals surface area contributed by atoms with Gasteiger partial charge >= 0.3 is 0 Å². The molecular weight excluding hydrogens is 270 g/mol. The predicted molar refractivity (Wildman–Crippen MR) is 80.1 cm³/mol. The Morgan fingerprint density at radius 1 is 0.905 bits per heavy atom. The standard InChI is InChI=1S/C16H17NO4/c1-19-13-8-4-3-7-12(13)17-16(18)11-21-15-10-6-5-9-14(15)20-2/h3-10H,11H2,1-2H3,(H,17,18). The van der Waals surface area contributed by atoms with Crippen LogP contribution in [-0.2, 0) is 4.79 Å². The van der Waals surface area contributed by atoms with E-state index >= 15 is 0 Å². The van der Waals surface area contributed by atoms with Crippen LogP contribution in [0.1, 0.15) is 0 Å². The molecule has 0 saturated carbocycles. The van der Waals surface area contributed by atoms with Crippen molar-refractivity contribution in [2.45, 2.75) is 0 Å². The Hall–Kier alpha value is -2.69. The Bertz CT molecular complexity index is 613. The minimum Gasteiger partial charge on any atom is -0.495 e. The number of carbonyl (C=O) groups excluding carboxylic acids is 1. The molecule has 0 unspecified atom stereocenters. The van der Waals surface area contributed by atoms with E-state index in [1.54, 1.807) is 38.5 Å². The number of ether oxygens (including phenoxy) is 3. The lowest BCUT2D eigenvalue weighted by atomic mass is 10.3. The highest BCUT2D eigenvalue weighted by Crippen LogP contribution is 2.26. The van der Waals surface area contributed by atoms with Gasteiger partial charge in [0.2, 0.25) is 0 Å². The molecule has 0 aliphatic rings. The molecule has 0 heterocycles. The van der Waals surface area contributed by atoms with Gasteiger partial charge in [-0.25, -0.2) is 0 Å². The Labute approximate surface area is 123 Å². The van der Waals surface area contributed by atoms with E-state index in [9.17, 15) is 4.79 Å². The molecule has 1 N–H and O–H groups in total. The Morgan fingerprint density at radius 2 is 1.48 bits per heavy atom. The average molecular weight is 287 g/mol. The summed E-state index contributed by atoms with van der Waals surface area (Å²) in [4.78, 5) is 11.9. The van der Waals surface area contributed by atoms with Gasteiger partial charge in [0.05, 0.1) is 19.9 Å². The fourth-order valence-electron chi connectivity index (χ4n) is 1.82. The number of anilines is 1.